The Hall–Kier alpha value is -2.18. The number of aryl methyl sites for hydroxylation is 1. The van der Waals surface area contributed by atoms with Crippen LogP contribution in [0.3, 0.4) is 0 Å². The molecule has 2 heterocycles. The number of carbonyl (C=O) groups is 1. The third-order valence-electron chi connectivity index (χ3n) is 5.16. The lowest BCUT2D eigenvalue weighted by Gasteiger charge is -2.38. The Morgan fingerprint density at radius 3 is 2.73 bits per heavy atom. The van der Waals surface area contributed by atoms with Gasteiger partial charge in [-0.1, -0.05) is 24.3 Å². The molecule has 2 N–H and O–H groups in total. The van der Waals surface area contributed by atoms with Gasteiger partial charge in [-0.3, -0.25) is 9.48 Å². The maximum atomic E-state index is 12.2. The SMILES string of the molecule is CN(C)CC(=O)NCC1(c2cccc(-c3cnn(C)c3)c2)CCNCC1. The number of hydrogen-bond acceptors (Lipinski definition) is 4. The lowest BCUT2D eigenvalue weighted by molar-refractivity contribution is -0.122. The van der Waals surface area contributed by atoms with Crippen LogP contribution in [-0.4, -0.2) is 60.9 Å². The molecule has 1 aliphatic heterocycles. The van der Waals surface area contributed by atoms with Crippen LogP contribution in [0.25, 0.3) is 11.1 Å². The van der Waals surface area contributed by atoms with Crippen molar-refractivity contribution in [2.75, 3.05) is 40.3 Å². The van der Waals surface area contributed by atoms with Crippen molar-refractivity contribution in [2.45, 2.75) is 18.3 Å². The molecule has 0 bridgehead atoms. The van der Waals surface area contributed by atoms with Crippen LogP contribution in [0.5, 0.6) is 0 Å². The number of piperidine rings is 1. The number of amides is 1. The molecule has 0 saturated carbocycles. The van der Waals surface area contributed by atoms with Crippen LogP contribution in [0.15, 0.2) is 36.7 Å². The Morgan fingerprint density at radius 2 is 2.08 bits per heavy atom. The van der Waals surface area contributed by atoms with E-state index < -0.39 is 0 Å². The van der Waals surface area contributed by atoms with Gasteiger partial charge in [0, 0.05) is 30.8 Å². The van der Waals surface area contributed by atoms with Gasteiger partial charge in [-0.2, -0.15) is 5.10 Å². The summed E-state index contributed by atoms with van der Waals surface area (Å²) >= 11 is 0. The standard InChI is InChI=1S/C20H29N5O/c1-24(2)14-19(26)22-15-20(7-9-21-10-8-20)18-6-4-5-16(11-18)17-12-23-25(3)13-17/h4-6,11-13,21H,7-10,14-15H2,1-3H3,(H,22,26). The predicted molar refractivity (Wildman–Crippen MR) is 104 cm³/mol. The Labute approximate surface area is 155 Å². The van der Waals surface area contributed by atoms with E-state index in [0.29, 0.717) is 13.1 Å². The van der Waals surface area contributed by atoms with E-state index in [-0.39, 0.29) is 11.3 Å². The molecule has 1 saturated heterocycles. The number of nitrogens with zero attached hydrogens (tertiary/aromatic N) is 3. The monoisotopic (exact) mass is 355 g/mol. The van der Waals surface area contributed by atoms with Crippen LogP contribution >= 0.6 is 0 Å². The van der Waals surface area contributed by atoms with E-state index in [0.717, 1.165) is 31.5 Å². The summed E-state index contributed by atoms with van der Waals surface area (Å²) in [6, 6.07) is 8.70. The molecule has 1 aromatic heterocycles. The van der Waals surface area contributed by atoms with Crippen molar-refractivity contribution in [3.8, 4) is 11.1 Å². The molecule has 26 heavy (non-hydrogen) atoms. The Bertz CT molecular complexity index is 746. The zero-order valence-corrected chi connectivity index (χ0v) is 16.0. The number of carbonyl (C=O) groups excluding carboxylic acids is 1. The van der Waals surface area contributed by atoms with Crippen LogP contribution in [0.4, 0.5) is 0 Å². The summed E-state index contributed by atoms with van der Waals surface area (Å²) in [5.74, 6) is 0.0799. The van der Waals surface area contributed by atoms with Gasteiger partial charge in [0.05, 0.1) is 12.7 Å². The fraction of sp³-hybridized carbons (Fsp3) is 0.500. The second kappa shape index (κ2) is 8.01. The number of benzene rings is 1. The number of aromatic nitrogens is 2. The van der Waals surface area contributed by atoms with Crippen LogP contribution in [-0.2, 0) is 17.3 Å². The molecular formula is C20H29N5O. The van der Waals surface area contributed by atoms with E-state index in [1.807, 2.05) is 43.1 Å². The predicted octanol–water partition coefficient (Wildman–Crippen LogP) is 1.39. The zero-order chi connectivity index (χ0) is 18.6. The van der Waals surface area contributed by atoms with Crippen LogP contribution in [0.2, 0.25) is 0 Å². The summed E-state index contributed by atoms with van der Waals surface area (Å²) in [6.07, 6.45) is 5.97. The summed E-state index contributed by atoms with van der Waals surface area (Å²) in [5.41, 5.74) is 3.57. The largest absolute Gasteiger partial charge is 0.354 e. The van der Waals surface area contributed by atoms with E-state index in [4.69, 9.17) is 0 Å². The molecule has 6 nitrogen and oxygen atoms in total. The minimum absolute atomic E-state index is 0.0224. The van der Waals surface area contributed by atoms with E-state index in [9.17, 15) is 4.79 Å². The topological polar surface area (TPSA) is 62.2 Å². The normalized spacial score (nSPS) is 16.6. The number of likely N-dealkylation sites (N-methyl/N-ethyl adjacent to an activating group) is 1. The molecule has 0 aliphatic carbocycles. The average molecular weight is 355 g/mol. The van der Waals surface area contributed by atoms with Gasteiger partial charge in [0.25, 0.3) is 0 Å². The van der Waals surface area contributed by atoms with Gasteiger partial charge in [-0.25, -0.2) is 0 Å². The second-order valence-electron chi connectivity index (χ2n) is 7.53. The van der Waals surface area contributed by atoms with Gasteiger partial charge in [0.15, 0.2) is 0 Å². The van der Waals surface area contributed by atoms with Gasteiger partial charge >= 0.3 is 0 Å². The maximum Gasteiger partial charge on any atom is 0.234 e. The first-order valence-electron chi connectivity index (χ1n) is 9.20. The minimum atomic E-state index is -0.0224. The quantitative estimate of drug-likeness (QED) is 0.822. The van der Waals surface area contributed by atoms with E-state index >= 15 is 0 Å². The molecule has 1 amide bonds. The highest BCUT2D eigenvalue weighted by Crippen LogP contribution is 2.35. The Morgan fingerprint density at radius 1 is 1.31 bits per heavy atom. The van der Waals surface area contributed by atoms with Crippen molar-refractivity contribution in [2.24, 2.45) is 7.05 Å². The van der Waals surface area contributed by atoms with E-state index in [1.165, 1.54) is 11.1 Å². The van der Waals surface area contributed by atoms with Crippen LogP contribution < -0.4 is 10.6 Å². The molecule has 6 heteroatoms. The van der Waals surface area contributed by atoms with Crippen molar-refractivity contribution in [3.05, 3.63) is 42.2 Å². The summed E-state index contributed by atoms with van der Waals surface area (Å²) in [6.45, 7) is 3.04. The van der Waals surface area contributed by atoms with Crippen molar-refractivity contribution in [1.29, 1.82) is 0 Å². The number of rotatable bonds is 6. The fourth-order valence-corrected chi connectivity index (χ4v) is 3.68. The summed E-state index contributed by atoms with van der Waals surface area (Å²) in [7, 11) is 5.76. The van der Waals surface area contributed by atoms with Gasteiger partial charge in [0.1, 0.15) is 0 Å². The van der Waals surface area contributed by atoms with Crippen LogP contribution in [0.1, 0.15) is 18.4 Å². The molecule has 1 aliphatic rings. The first-order valence-corrected chi connectivity index (χ1v) is 9.20. The van der Waals surface area contributed by atoms with Crippen molar-refractivity contribution in [3.63, 3.8) is 0 Å². The minimum Gasteiger partial charge on any atom is -0.354 e. The third kappa shape index (κ3) is 4.31. The first-order chi connectivity index (χ1) is 12.5. The van der Waals surface area contributed by atoms with E-state index in [1.54, 1.807) is 0 Å². The lowest BCUT2D eigenvalue weighted by atomic mass is 9.72. The summed E-state index contributed by atoms with van der Waals surface area (Å²) in [4.78, 5) is 14.1. The average Bonchev–Trinajstić information content (AvgIpc) is 3.07. The molecule has 0 unspecified atom stereocenters. The number of hydrogen-bond donors (Lipinski definition) is 2. The summed E-state index contributed by atoms with van der Waals surface area (Å²) < 4.78 is 1.82. The molecule has 0 spiro atoms. The molecule has 3 rings (SSSR count). The third-order valence-corrected chi connectivity index (χ3v) is 5.16. The molecule has 2 aromatic rings. The Kier molecular flexibility index (Phi) is 5.74. The lowest BCUT2D eigenvalue weighted by Crippen LogP contribution is -2.48. The number of nitrogens with one attached hydrogen (secondary N) is 2. The first kappa shape index (κ1) is 18.6. The van der Waals surface area contributed by atoms with Crippen molar-refractivity contribution < 1.29 is 4.79 Å². The van der Waals surface area contributed by atoms with Gasteiger partial charge in [-0.05, 0) is 51.2 Å². The highest BCUT2D eigenvalue weighted by Gasteiger charge is 2.34. The Balaban J connectivity index is 1.84. The van der Waals surface area contributed by atoms with Crippen LogP contribution in [0, 0.1) is 0 Å². The highest BCUT2D eigenvalue weighted by atomic mass is 16.2. The molecule has 0 atom stereocenters. The highest BCUT2D eigenvalue weighted by molar-refractivity contribution is 5.78. The van der Waals surface area contributed by atoms with Crippen molar-refractivity contribution >= 4 is 5.91 Å². The molecule has 1 fully saturated rings. The molecule has 1 aromatic carbocycles. The molecule has 0 radical (unpaired) electrons. The second-order valence-corrected chi connectivity index (χ2v) is 7.53. The smallest absolute Gasteiger partial charge is 0.234 e. The maximum absolute atomic E-state index is 12.2. The van der Waals surface area contributed by atoms with Gasteiger partial charge < -0.3 is 15.5 Å². The molecule has 140 valence electrons. The molecular weight excluding hydrogens is 326 g/mol. The van der Waals surface area contributed by atoms with E-state index in [2.05, 4.69) is 40.0 Å². The zero-order valence-electron chi connectivity index (χ0n) is 16.0. The fourth-order valence-electron chi connectivity index (χ4n) is 3.68. The van der Waals surface area contributed by atoms with Gasteiger partial charge in [-0.15, -0.1) is 0 Å². The van der Waals surface area contributed by atoms with Gasteiger partial charge in [0.2, 0.25) is 5.91 Å². The van der Waals surface area contributed by atoms with Crippen molar-refractivity contribution in [1.82, 2.24) is 25.3 Å². The summed E-state index contributed by atoms with van der Waals surface area (Å²) in [5, 5.41) is 10.9.